The van der Waals surface area contributed by atoms with Crippen LogP contribution in [0.5, 0.6) is 0 Å². The lowest BCUT2D eigenvalue weighted by Gasteiger charge is -2.07. The fraction of sp³-hybridized carbons (Fsp3) is 0.136. The van der Waals surface area contributed by atoms with E-state index in [1.807, 2.05) is 30.7 Å². The minimum atomic E-state index is -0.311. The highest BCUT2D eigenvalue weighted by Gasteiger charge is 2.19. The van der Waals surface area contributed by atoms with Crippen LogP contribution in [0.15, 0.2) is 54.9 Å². The maximum Gasteiger partial charge on any atom is 0.275 e. The molecule has 0 fully saturated rings. The number of nitrogens with one attached hydrogen (secondary N) is 1. The SMILES string of the molecule is Cc1nc(-c2ccc(F)cc2)c(-c2ccc3nc(NC(=O)c4ccnn4C)cn3n2)n1C. The van der Waals surface area contributed by atoms with Crippen LogP contribution in [0.4, 0.5) is 10.2 Å². The number of aromatic nitrogens is 7. The Balaban J connectivity index is 1.53. The highest BCUT2D eigenvalue weighted by Crippen LogP contribution is 2.31. The molecular formula is C22H19FN8O. The molecule has 0 bridgehead atoms. The van der Waals surface area contributed by atoms with Gasteiger partial charge in [-0.25, -0.2) is 18.9 Å². The summed E-state index contributed by atoms with van der Waals surface area (Å²) >= 11 is 0. The van der Waals surface area contributed by atoms with Crippen molar-refractivity contribution in [1.82, 2.24) is 33.9 Å². The van der Waals surface area contributed by atoms with E-state index in [9.17, 15) is 9.18 Å². The van der Waals surface area contributed by atoms with Crippen molar-refractivity contribution in [1.29, 1.82) is 0 Å². The van der Waals surface area contributed by atoms with E-state index >= 15 is 0 Å². The number of hydrogen-bond donors (Lipinski definition) is 1. The molecule has 0 unspecified atom stereocenters. The summed E-state index contributed by atoms with van der Waals surface area (Å²) in [4.78, 5) is 21.5. The number of hydrogen-bond acceptors (Lipinski definition) is 5. The first-order valence-electron chi connectivity index (χ1n) is 9.86. The molecule has 0 saturated heterocycles. The summed E-state index contributed by atoms with van der Waals surface area (Å²) in [7, 11) is 3.60. The molecule has 0 aliphatic rings. The zero-order valence-corrected chi connectivity index (χ0v) is 17.6. The Morgan fingerprint density at radius 2 is 1.81 bits per heavy atom. The summed E-state index contributed by atoms with van der Waals surface area (Å²) in [6, 6.07) is 11.5. The quantitative estimate of drug-likeness (QED) is 0.472. The fourth-order valence-corrected chi connectivity index (χ4v) is 3.56. The Labute approximate surface area is 182 Å². The predicted octanol–water partition coefficient (Wildman–Crippen LogP) is 3.23. The lowest BCUT2D eigenvalue weighted by Crippen LogP contribution is -2.16. The normalized spacial score (nSPS) is 11.2. The average Bonchev–Trinajstić information content (AvgIpc) is 3.45. The van der Waals surface area contributed by atoms with E-state index in [4.69, 9.17) is 0 Å². The number of imidazole rings is 2. The highest BCUT2D eigenvalue weighted by molar-refractivity contribution is 6.02. The molecule has 9 nitrogen and oxygen atoms in total. The molecule has 160 valence electrons. The number of anilines is 1. The molecule has 1 N–H and O–H groups in total. The lowest BCUT2D eigenvalue weighted by atomic mass is 10.1. The summed E-state index contributed by atoms with van der Waals surface area (Å²) in [5, 5.41) is 11.5. The van der Waals surface area contributed by atoms with Crippen LogP contribution in [0.25, 0.3) is 28.3 Å². The number of carbonyl (C=O) groups excluding carboxylic acids is 1. The second kappa shape index (κ2) is 7.41. The van der Waals surface area contributed by atoms with Gasteiger partial charge >= 0.3 is 0 Å². The third kappa shape index (κ3) is 3.31. The Morgan fingerprint density at radius 1 is 1.03 bits per heavy atom. The number of halogens is 1. The second-order valence-corrected chi connectivity index (χ2v) is 7.36. The van der Waals surface area contributed by atoms with Crippen molar-refractivity contribution < 1.29 is 9.18 Å². The molecule has 1 amide bonds. The standard InChI is InChI=1S/C22H19FN8O/c1-13-25-20(14-4-6-15(23)7-5-14)21(29(13)2)16-8-9-19-26-18(12-31(19)28-16)27-22(32)17-10-11-24-30(17)3/h4-12H,1-3H3,(H,27,32). The Hall–Kier alpha value is -4.34. The molecule has 4 aromatic heterocycles. The third-order valence-corrected chi connectivity index (χ3v) is 5.29. The molecule has 0 aliphatic heterocycles. The number of carbonyl (C=O) groups is 1. The van der Waals surface area contributed by atoms with E-state index in [-0.39, 0.29) is 11.7 Å². The van der Waals surface area contributed by atoms with Gasteiger partial charge in [0, 0.05) is 25.9 Å². The third-order valence-electron chi connectivity index (χ3n) is 5.29. The molecule has 1 aromatic carbocycles. The summed E-state index contributed by atoms with van der Waals surface area (Å²) in [5.41, 5.74) is 3.97. The molecule has 32 heavy (non-hydrogen) atoms. The van der Waals surface area contributed by atoms with Gasteiger partial charge in [-0.05, 0) is 49.4 Å². The maximum absolute atomic E-state index is 13.4. The van der Waals surface area contributed by atoms with Crippen LogP contribution in [-0.2, 0) is 14.1 Å². The molecule has 0 aliphatic carbocycles. The Morgan fingerprint density at radius 3 is 2.53 bits per heavy atom. The van der Waals surface area contributed by atoms with E-state index in [1.165, 1.54) is 16.8 Å². The van der Waals surface area contributed by atoms with E-state index in [2.05, 4.69) is 25.5 Å². The van der Waals surface area contributed by atoms with Gasteiger partial charge in [-0.15, -0.1) is 0 Å². The summed E-state index contributed by atoms with van der Waals surface area (Å²) < 4.78 is 18.4. The molecule has 0 saturated carbocycles. The Bertz CT molecular complexity index is 1460. The van der Waals surface area contributed by atoms with E-state index < -0.39 is 0 Å². The van der Waals surface area contributed by atoms with Crippen LogP contribution in [0.3, 0.4) is 0 Å². The van der Waals surface area contributed by atoms with Gasteiger partial charge in [-0.1, -0.05) is 0 Å². The van der Waals surface area contributed by atoms with Crippen LogP contribution >= 0.6 is 0 Å². The smallest absolute Gasteiger partial charge is 0.275 e. The average molecular weight is 430 g/mol. The first-order chi connectivity index (χ1) is 15.4. The number of aryl methyl sites for hydroxylation is 2. The predicted molar refractivity (Wildman–Crippen MR) is 116 cm³/mol. The van der Waals surface area contributed by atoms with Crippen molar-refractivity contribution in [2.24, 2.45) is 14.1 Å². The molecular weight excluding hydrogens is 411 g/mol. The summed E-state index contributed by atoms with van der Waals surface area (Å²) in [5.74, 6) is 0.563. The monoisotopic (exact) mass is 430 g/mol. The van der Waals surface area contributed by atoms with Crippen molar-refractivity contribution in [3.8, 4) is 22.6 Å². The molecule has 5 rings (SSSR count). The molecule has 0 spiro atoms. The van der Waals surface area contributed by atoms with Crippen molar-refractivity contribution in [2.45, 2.75) is 6.92 Å². The first kappa shape index (κ1) is 19.6. The summed E-state index contributed by atoms with van der Waals surface area (Å²) in [6.45, 7) is 1.90. The topological polar surface area (TPSA) is 94.9 Å². The second-order valence-electron chi connectivity index (χ2n) is 7.36. The number of fused-ring (bicyclic) bond motifs is 1. The van der Waals surface area contributed by atoms with Crippen LogP contribution in [-0.4, -0.2) is 39.8 Å². The van der Waals surface area contributed by atoms with Gasteiger partial charge in [0.15, 0.2) is 11.5 Å². The van der Waals surface area contributed by atoms with Crippen molar-refractivity contribution in [3.63, 3.8) is 0 Å². The summed E-state index contributed by atoms with van der Waals surface area (Å²) in [6.07, 6.45) is 3.20. The zero-order valence-electron chi connectivity index (χ0n) is 17.6. The molecule has 10 heteroatoms. The zero-order chi connectivity index (χ0) is 22.4. The fourth-order valence-electron chi connectivity index (χ4n) is 3.56. The minimum Gasteiger partial charge on any atom is -0.330 e. The molecule has 4 heterocycles. The molecule has 0 atom stereocenters. The lowest BCUT2D eigenvalue weighted by molar-refractivity contribution is 0.101. The number of rotatable bonds is 4. The van der Waals surface area contributed by atoms with Gasteiger partial charge in [0.1, 0.15) is 23.0 Å². The van der Waals surface area contributed by atoms with Gasteiger partial charge < -0.3 is 9.88 Å². The van der Waals surface area contributed by atoms with Gasteiger partial charge in [-0.2, -0.15) is 10.2 Å². The van der Waals surface area contributed by atoms with Crippen molar-refractivity contribution >= 4 is 17.4 Å². The van der Waals surface area contributed by atoms with Crippen LogP contribution in [0.2, 0.25) is 0 Å². The minimum absolute atomic E-state index is 0.304. The first-order valence-corrected chi connectivity index (χ1v) is 9.86. The number of benzene rings is 1. The van der Waals surface area contributed by atoms with Gasteiger partial charge in [-0.3, -0.25) is 9.48 Å². The van der Waals surface area contributed by atoms with Gasteiger partial charge in [0.05, 0.1) is 17.6 Å². The molecule has 0 radical (unpaired) electrons. The van der Waals surface area contributed by atoms with Crippen LogP contribution in [0.1, 0.15) is 16.3 Å². The van der Waals surface area contributed by atoms with Crippen LogP contribution in [0, 0.1) is 12.7 Å². The van der Waals surface area contributed by atoms with Crippen LogP contribution < -0.4 is 5.32 Å². The number of amides is 1. The van der Waals surface area contributed by atoms with Crippen molar-refractivity contribution in [2.75, 3.05) is 5.32 Å². The highest BCUT2D eigenvalue weighted by atomic mass is 19.1. The van der Waals surface area contributed by atoms with E-state index in [0.717, 1.165) is 17.1 Å². The maximum atomic E-state index is 13.4. The largest absolute Gasteiger partial charge is 0.330 e. The van der Waals surface area contributed by atoms with E-state index in [0.29, 0.717) is 28.5 Å². The van der Waals surface area contributed by atoms with Crippen molar-refractivity contribution in [3.05, 3.63) is 72.2 Å². The van der Waals surface area contributed by atoms with Gasteiger partial charge in [0.25, 0.3) is 5.91 Å². The Kier molecular flexibility index (Phi) is 4.54. The number of nitrogens with zero attached hydrogens (tertiary/aromatic N) is 7. The van der Waals surface area contributed by atoms with E-state index in [1.54, 1.807) is 42.2 Å². The van der Waals surface area contributed by atoms with Gasteiger partial charge in [0.2, 0.25) is 0 Å². The molecule has 5 aromatic rings.